The maximum atomic E-state index is 12.6. The zero-order chi connectivity index (χ0) is 14.0. The van der Waals surface area contributed by atoms with Crippen molar-refractivity contribution in [1.29, 1.82) is 0 Å². The summed E-state index contributed by atoms with van der Waals surface area (Å²) >= 11 is 6.12. The van der Waals surface area contributed by atoms with Crippen molar-refractivity contribution in [2.24, 2.45) is 0 Å². The van der Waals surface area contributed by atoms with Gasteiger partial charge >= 0.3 is 0 Å². The predicted octanol–water partition coefficient (Wildman–Crippen LogP) is 2.51. The fraction of sp³-hybridized carbons (Fsp3) is 0.500. The third-order valence-corrected chi connectivity index (χ3v) is 3.75. The van der Waals surface area contributed by atoms with Crippen LogP contribution in [0.15, 0.2) is 18.2 Å². The molecule has 0 radical (unpaired) electrons. The largest absolute Gasteiger partial charge is 0.399 e. The summed E-state index contributed by atoms with van der Waals surface area (Å²) in [6.45, 7) is 1.69. The molecular weight excluding hydrogens is 297 g/mol. The first-order valence-corrected chi connectivity index (χ1v) is 6.87. The van der Waals surface area contributed by atoms with E-state index in [1.807, 2.05) is 19.0 Å². The van der Waals surface area contributed by atoms with Crippen molar-refractivity contribution in [3.05, 3.63) is 28.8 Å². The molecule has 0 spiro atoms. The number of amides is 1. The normalized spacial score (nSPS) is 18.2. The maximum absolute atomic E-state index is 12.6. The lowest BCUT2D eigenvalue weighted by Crippen LogP contribution is -2.41. The van der Waals surface area contributed by atoms with Crippen LogP contribution in [0.1, 0.15) is 23.2 Å². The van der Waals surface area contributed by atoms with E-state index in [0.29, 0.717) is 16.3 Å². The number of halogens is 2. The van der Waals surface area contributed by atoms with Gasteiger partial charge in [-0.25, -0.2) is 0 Å². The molecule has 0 bridgehead atoms. The average molecular weight is 318 g/mol. The molecule has 2 N–H and O–H groups in total. The molecule has 1 aromatic rings. The molecule has 1 amide bonds. The Morgan fingerprint density at radius 1 is 1.50 bits per heavy atom. The van der Waals surface area contributed by atoms with E-state index in [2.05, 4.69) is 4.90 Å². The minimum Gasteiger partial charge on any atom is -0.399 e. The number of anilines is 1. The summed E-state index contributed by atoms with van der Waals surface area (Å²) in [5, 5.41) is 0.431. The van der Waals surface area contributed by atoms with Crippen molar-refractivity contribution in [2.45, 2.75) is 18.9 Å². The smallest absolute Gasteiger partial charge is 0.255 e. The van der Waals surface area contributed by atoms with E-state index in [1.54, 1.807) is 18.2 Å². The molecule has 2 rings (SSSR count). The Bertz CT molecular complexity index is 479. The molecule has 0 aliphatic carbocycles. The number of likely N-dealkylation sites (tertiary alicyclic amines) is 1. The number of carbonyl (C=O) groups excluding carboxylic acids is 1. The van der Waals surface area contributed by atoms with Crippen molar-refractivity contribution in [1.82, 2.24) is 9.80 Å². The van der Waals surface area contributed by atoms with Crippen LogP contribution in [0.3, 0.4) is 0 Å². The lowest BCUT2D eigenvalue weighted by atomic mass is 10.1. The third-order valence-electron chi connectivity index (χ3n) is 3.44. The molecule has 0 aromatic heterocycles. The number of nitrogens with two attached hydrogens (primary N) is 1. The second kappa shape index (κ2) is 7.16. The van der Waals surface area contributed by atoms with Crippen LogP contribution >= 0.6 is 24.0 Å². The third kappa shape index (κ3) is 3.78. The molecule has 4 nitrogen and oxygen atoms in total. The highest BCUT2D eigenvalue weighted by molar-refractivity contribution is 6.34. The van der Waals surface area contributed by atoms with Crippen LogP contribution in [0.5, 0.6) is 0 Å². The molecule has 1 aromatic carbocycles. The zero-order valence-corrected chi connectivity index (χ0v) is 13.4. The summed E-state index contributed by atoms with van der Waals surface area (Å²) in [5.41, 5.74) is 6.78. The van der Waals surface area contributed by atoms with Crippen molar-refractivity contribution in [2.75, 3.05) is 32.9 Å². The standard InChI is InChI=1S/C14H20ClN3O.ClH/c1-17(2)9-11-4-3-7-18(11)14(19)12-6-5-10(16)8-13(12)15;/h5-6,8,11H,3-4,7,9,16H2,1-2H3;1H. The minimum absolute atomic E-state index is 0. The lowest BCUT2D eigenvalue weighted by Gasteiger charge is -2.27. The SMILES string of the molecule is CN(C)CC1CCCN1C(=O)c1ccc(N)cc1Cl.Cl. The summed E-state index contributed by atoms with van der Waals surface area (Å²) in [6, 6.07) is 5.34. The van der Waals surface area contributed by atoms with Gasteiger partial charge in [-0.1, -0.05) is 11.6 Å². The molecule has 6 heteroatoms. The Balaban J connectivity index is 0.00000200. The summed E-state index contributed by atoms with van der Waals surface area (Å²) in [6.07, 6.45) is 2.10. The average Bonchev–Trinajstić information content (AvgIpc) is 2.75. The summed E-state index contributed by atoms with van der Waals surface area (Å²) < 4.78 is 0. The Hall–Kier alpha value is -0.970. The summed E-state index contributed by atoms with van der Waals surface area (Å²) in [5.74, 6) is 0.00866. The number of carbonyl (C=O) groups is 1. The van der Waals surface area contributed by atoms with Crippen LogP contribution < -0.4 is 5.73 Å². The van der Waals surface area contributed by atoms with Crippen molar-refractivity contribution in [3.8, 4) is 0 Å². The van der Waals surface area contributed by atoms with Crippen LogP contribution in [0.25, 0.3) is 0 Å². The zero-order valence-electron chi connectivity index (χ0n) is 11.8. The number of rotatable bonds is 3. The van der Waals surface area contributed by atoms with E-state index >= 15 is 0 Å². The summed E-state index contributed by atoms with van der Waals surface area (Å²) in [4.78, 5) is 16.6. The van der Waals surface area contributed by atoms with Crippen molar-refractivity contribution in [3.63, 3.8) is 0 Å². The maximum Gasteiger partial charge on any atom is 0.255 e. The van der Waals surface area contributed by atoms with E-state index in [1.165, 1.54) is 0 Å². The molecule has 1 heterocycles. The fourth-order valence-corrected chi connectivity index (χ4v) is 2.84. The monoisotopic (exact) mass is 317 g/mol. The first kappa shape index (κ1) is 17.1. The number of nitrogen functional groups attached to an aromatic ring is 1. The first-order chi connectivity index (χ1) is 8.99. The van der Waals surface area contributed by atoms with Gasteiger partial charge in [0.25, 0.3) is 5.91 Å². The van der Waals surface area contributed by atoms with Crippen LogP contribution in [0.2, 0.25) is 5.02 Å². The Morgan fingerprint density at radius 3 is 2.80 bits per heavy atom. The molecule has 1 aliphatic rings. The van der Waals surface area contributed by atoms with Gasteiger partial charge in [0.15, 0.2) is 0 Å². The Morgan fingerprint density at radius 2 is 2.20 bits per heavy atom. The van der Waals surface area contributed by atoms with Gasteiger partial charge in [-0.05, 0) is 45.1 Å². The van der Waals surface area contributed by atoms with Crippen LogP contribution in [0.4, 0.5) is 5.69 Å². The number of hydrogen-bond donors (Lipinski definition) is 1. The second-order valence-electron chi connectivity index (χ2n) is 5.30. The van der Waals surface area contributed by atoms with Crippen molar-refractivity contribution >= 4 is 35.6 Å². The summed E-state index contributed by atoms with van der Waals surface area (Å²) in [7, 11) is 4.05. The quantitative estimate of drug-likeness (QED) is 0.871. The Kier molecular flexibility index (Phi) is 6.11. The van der Waals surface area contributed by atoms with E-state index in [4.69, 9.17) is 17.3 Å². The van der Waals surface area contributed by atoms with Crippen LogP contribution in [-0.2, 0) is 0 Å². The predicted molar refractivity (Wildman–Crippen MR) is 85.7 cm³/mol. The molecule has 1 fully saturated rings. The van der Waals surface area contributed by atoms with Gasteiger partial charge in [0.05, 0.1) is 10.6 Å². The number of likely N-dealkylation sites (N-methyl/N-ethyl adjacent to an activating group) is 1. The molecule has 1 unspecified atom stereocenters. The molecule has 20 heavy (non-hydrogen) atoms. The van der Waals surface area contributed by atoms with E-state index < -0.39 is 0 Å². The molecule has 112 valence electrons. The van der Waals surface area contributed by atoms with Crippen LogP contribution in [-0.4, -0.2) is 48.9 Å². The lowest BCUT2D eigenvalue weighted by molar-refractivity contribution is 0.0716. The van der Waals surface area contributed by atoms with Gasteiger partial charge in [0, 0.05) is 24.8 Å². The fourth-order valence-electron chi connectivity index (χ4n) is 2.57. The minimum atomic E-state index is 0. The molecule has 1 atom stereocenters. The second-order valence-corrected chi connectivity index (χ2v) is 5.70. The topological polar surface area (TPSA) is 49.6 Å². The van der Waals surface area contributed by atoms with E-state index in [-0.39, 0.29) is 24.4 Å². The molecule has 1 aliphatic heterocycles. The van der Waals surface area contributed by atoms with E-state index in [0.717, 1.165) is 25.9 Å². The van der Waals surface area contributed by atoms with Gasteiger partial charge in [0.2, 0.25) is 0 Å². The van der Waals surface area contributed by atoms with Gasteiger partial charge in [-0.15, -0.1) is 12.4 Å². The Labute approximate surface area is 131 Å². The molecule has 0 saturated carbocycles. The van der Waals surface area contributed by atoms with Gasteiger partial charge < -0.3 is 15.5 Å². The number of hydrogen-bond acceptors (Lipinski definition) is 3. The highest BCUT2D eigenvalue weighted by atomic mass is 35.5. The van der Waals surface area contributed by atoms with Crippen LogP contribution in [0, 0.1) is 0 Å². The molecule has 1 saturated heterocycles. The number of benzene rings is 1. The van der Waals surface area contributed by atoms with Gasteiger partial charge in [-0.3, -0.25) is 4.79 Å². The van der Waals surface area contributed by atoms with Crippen molar-refractivity contribution < 1.29 is 4.79 Å². The highest BCUT2D eigenvalue weighted by Gasteiger charge is 2.30. The first-order valence-electron chi connectivity index (χ1n) is 6.50. The van der Waals surface area contributed by atoms with Gasteiger partial charge in [0.1, 0.15) is 0 Å². The highest BCUT2D eigenvalue weighted by Crippen LogP contribution is 2.25. The number of nitrogens with zero attached hydrogens (tertiary/aromatic N) is 2. The van der Waals surface area contributed by atoms with E-state index in [9.17, 15) is 4.79 Å². The van der Waals surface area contributed by atoms with Gasteiger partial charge in [-0.2, -0.15) is 0 Å². The molecular formula is C14H21Cl2N3O.